The Labute approximate surface area is 202 Å². The molecular formula is C24H20LiN5O3. The van der Waals surface area contributed by atoms with Crippen molar-refractivity contribution in [1.29, 1.82) is 0 Å². The first kappa shape index (κ1) is 22.7. The number of carbonyl (C=O) groups is 2. The zero-order valence-electron chi connectivity index (χ0n) is 18.7. The van der Waals surface area contributed by atoms with Crippen LogP contribution in [-0.4, -0.2) is 43.6 Å². The largest absolute Gasteiger partial charge is 1.00 e. The molecule has 0 atom stereocenters. The van der Waals surface area contributed by atoms with E-state index in [0.29, 0.717) is 24.2 Å². The van der Waals surface area contributed by atoms with Gasteiger partial charge in [-0.05, 0) is 36.1 Å². The van der Waals surface area contributed by atoms with Crippen LogP contribution < -0.4 is 24.0 Å². The molecule has 0 bridgehead atoms. The zero-order chi connectivity index (χ0) is 22.4. The van der Waals surface area contributed by atoms with E-state index >= 15 is 0 Å². The summed E-state index contributed by atoms with van der Waals surface area (Å²) in [5, 5.41) is 17.7. The van der Waals surface area contributed by atoms with Gasteiger partial charge in [0.15, 0.2) is 0 Å². The Morgan fingerprint density at radius 1 is 1.15 bits per heavy atom. The molecule has 0 saturated heterocycles. The van der Waals surface area contributed by atoms with Gasteiger partial charge in [0.05, 0.1) is 47.4 Å². The maximum Gasteiger partial charge on any atom is 1.00 e. The van der Waals surface area contributed by atoms with Gasteiger partial charge in [0.1, 0.15) is 0 Å². The van der Waals surface area contributed by atoms with Gasteiger partial charge in [0.2, 0.25) is 5.91 Å². The van der Waals surface area contributed by atoms with Gasteiger partial charge in [-0.1, -0.05) is 19.1 Å². The van der Waals surface area contributed by atoms with Gasteiger partial charge >= 0.3 is 18.9 Å². The Balaban J connectivity index is 0.00000259. The fraction of sp³-hybridized carbons (Fsp3) is 0.208. The molecule has 33 heavy (non-hydrogen) atoms. The molecule has 4 aromatic rings. The molecule has 9 heteroatoms. The van der Waals surface area contributed by atoms with Crippen molar-refractivity contribution in [2.45, 2.75) is 26.3 Å². The minimum absolute atomic E-state index is 0. The van der Waals surface area contributed by atoms with Gasteiger partial charge in [-0.3, -0.25) is 14.8 Å². The molecule has 8 nitrogen and oxygen atoms in total. The maximum absolute atomic E-state index is 12.3. The number of nitrogens with zero attached hydrogens (tertiary/aromatic N) is 5. The summed E-state index contributed by atoms with van der Waals surface area (Å²) in [4.78, 5) is 33.4. The molecule has 0 saturated carbocycles. The van der Waals surface area contributed by atoms with E-state index in [-0.39, 0.29) is 30.5 Å². The average molecular weight is 433 g/mol. The average Bonchev–Trinajstić information content (AvgIpc) is 3.15. The zero-order valence-corrected chi connectivity index (χ0v) is 18.7. The first-order valence-electron chi connectivity index (χ1n) is 10.4. The summed E-state index contributed by atoms with van der Waals surface area (Å²) < 4.78 is 1.94. The summed E-state index contributed by atoms with van der Waals surface area (Å²) in [7, 11) is 1.81. The summed E-state index contributed by atoms with van der Waals surface area (Å²) >= 11 is 0. The number of benzene rings is 1. The van der Waals surface area contributed by atoms with Crippen LogP contribution in [0.25, 0.3) is 27.7 Å². The molecule has 0 unspecified atom stereocenters. The topological polar surface area (TPSA) is 104 Å². The number of carbonyl (C=O) groups excluding carboxylic acids is 2. The number of hydrogen-bond acceptors (Lipinski definition) is 6. The monoisotopic (exact) mass is 433 g/mol. The standard InChI is InChI=1S/C24H21N5O3.Li/c1-3-18-16-10-23(30)28(2)13-22(16)29(27-18)21-6-4-5-14-9-20(26-12-17(14)21)15-7-8-19(24(31)32)25-11-15;/h4-9,11-12H,3,10,13H2,1-2H3,(H,31,32);/q;+1/p-1. The van der Waals surface area contributed by atoms with Gasteiger partial charge in [0.25, 0.3) is 0 Å². The summed E-state index contributed by atoms with van der Waals surface area (Å²) in [6.45, 7) is 2.56. The first-order chi connectivity index (χ1) is 15.5. The van der Waals surface area contributed by atoms with Crippen LogP contribution in [0.4, 0.5) is 0 Å². The van der Waals surface area contributed by atoms with E-state index in [2.05, 4.69) is 9.97 Å². The van der Waals surface area contributed by atoms with Crippen molar-refractivity contribution in [3.63, 3.8) is 0 Å². The number of amides is 1. The number of aromatic carboxylic acids is 1. The van der Waals surface area contributed by atoms with Crippen LogP contribution in [0, 0.1) is 0 Å². The summed E-state index contributed by atoms with van der Waals surface area (Å²) in [5.41, 5.74) is 5.20. The number of aromatic nitrogens is 4. The molecule has 0 spiro atoms. The summed E-state index contributed by atoms with van der Waals surface area (Å²) in [6.07, 6.45) is 4.41. The predicted octanol–water partition coefficient (Wildman–Crippen LogP) is -1.07. The third kappa shape index (κ3) is 3.92. The number of rotatable bonds is 4. The van der Waals surface area contributed by atoms with Crippen molar-refractivity contribution in [3.05, 3.63) is 71.4 Å². The van der Waals surface area contributed by atoms with Gasteiger partial charge in [-0.15, -0.1) is 0 Å². The molecule has 0 N–H and O–H groups in total. The Bertz CT molecular complexity index is 1380. The Hall–Kier alpha value is -3.47. The van der Waals surface area contributed by atoms with Crippen LogP contribution in [0.15, 0.2) is 48.8 Å². The van der Waals surface area contributed by atoms with E-state index in [4.69, 9.17) is 5.10 Å². The van der Waals surface area contributed by atoms with Crippen molar-refractivity contribution < 1.29 is 33.6 Å². The fourth-order valence-electron chi connectivity index (χ4n) is 4.15. The summed E-state index contributed by atoms with van der Waals surface area (Å²) in [6, 6.07) is 11.0. The van der Waals surface area contributed by atoms with Crippen LogP contribution in [0.2, 0.25) is 0 Å². The Morgan fingerprint density at radius 2 is 1.97 bits per heavy atom. The van der Waals surface area contributed by atoms with Crippen molar-refractivity contribution in [2.75, 3.05) is 7.05 Å². The minimum Gasteiger partial charge on any atom is -0.543 e. The first-order valence-corrected chi connectivity index (χ1v) is 10.4. The van der Waals surface area contributed by atoms with E-state index in [1.807, 2.05) is 42.9 Å². The molecule has 1 aromatic carbocycles. The van der Waals surface area contributed by atoms with Gasteiger partial charge in [-0.25, -0.2) is 4.68 Å². The molecular weight excluding hydrogens is 413 g/mol. The molecule has 1 aliphatic heterocycles. The molecule has 5 rings (SSSR count). The number of carboxylic acid groups (broad SMARTS) is 1. The maximum atomic E-state index is 12.3. The van der Waals surface area contributed by atoms with Crippen molar-refractivity contribution >= 4 is 22.6 Å². The molecule has 1 aliphatic rings. The SMILES string of the molecule is CCc1nn(-c2cccc3cc(-c4ccc(C(=O)[O-])nc4)ncc23)c2c1CC(=O)N(C)C2.[Li+]. The fourth-order valence-corrected chi connectivity index (χ4v) is 4.15. The Kier molecular flexibility index (Phi) is 6.07. The number of aryl methyl sites for hydroxylation is 1. The van der Waals surface area contributed by atoms with E-state index < -0.39 is 5.97 Å². The van der Waals surface area contributed by atoms with E-state index in [0.717, 1.165) is 39.8 Å². The second kappa shape index (κ2) is 8.81. The third-order valence-electron chi connectivity index (χ3n) is 5.89. The van der Waals surface area contributed by atoms with Crippen LogP contribution in [-0.2, 0) is 24.2 Å². The Morgan fingerprint density at radius 3 is 2.67 bits per heavy atom. The van der Waals surface area contributed by atoms with Crippen LogP contribution in [0.1, 0.15) is 34.4 Å². The summed E-state index contributed by atoms with van der Waals surface area (Å²) in [5.74, 6) is -1.21. The van der Waals surface area contributed by atoms with Crippen molar-refractivity contribution in [1.82, 2.24) is 24.6 Å². The van der Waals surface area contributed by atoms with E-state index in [1.54, 1.807) is 17.2 Å². The molecule has 160 valence electrons. The quantitative estimate of drug-likeness (QED) is 0.380. The molecule has 1 amide bonds. The second-order valence-corrected chi connectivity index (χ2v) is 7.85. The van der Waals surface area contributed by atoms with Crippen molar-refractivity contribution in [3.8, 4) is 16.9 Å². The van der Waals surface area contributed by atoms with Gasteiger partial charge < -0.3 is 14.8 Å². The normalized spacial score (nSPS) is 13.0. The third-order valence-corrected chi connectivity index (χ3v) is 5.89. The molecule has 3 aromatic heterocycles. The van der Waals surface area contributed by atoms with Crippen LogP contribution in [0.5, 0.6) is 0 Å². The van der Waals surface area contributed by atoms with Crippen LogP contribution >= 0.6 is 0 Å². The minimum atomic E-state index is -1.31. The number of hydrogen-bond donors (Lipinski definition) is 0. The van der Waals surface area contributed by atoms with Gasteiger partial charge in [0, 0.05) is 36.0 Å². The van der Waals surface area contributed by atoms with Crippen molar-refractivity contribution in [2.24, 2.45) is 0 Å². The van der Waals surface area contributed by atoms with E-state index in [9.17, 15) is 14.7 Å². The smallest absolute Gasteiger partial charge is 0.543 e. The number of fused-ring (bicyclic) bond motifs is 2. The van der Waals surface area contributed by atoms with Crippen LogP contribution in [0.3, 0.4) is 0 Å². The molecule has 0 fully saturated rings. The molecule has 4 heterocycles. The molecule has 0 radical (unpaired) electrons. The van der Waals surface area contributed by atoms with E-state index in [1.165, 1.54) is 12.3 Å². The molecule has 0 aliphatic carbocycles. The number of likely N-dealkylation sites (N-methyl/N-ethyl adjacent to an activating group) is 1. The second-order valence-electron chi connectivity index (χ2n) is 7.85. The van der Waals surface area contributed by atoms with Gasteiger partial charge in [-0.2, -0.15) is 5.10 Å². The predicted molar refractivity (Wildman–Crippen MR) is 116 cm³/mol. The number of pyridine rings is 2. The number of carboxylic acids is 1.